The smallest absolute Gasteiger partial charge is 0.0701 e. The third-order valence-electron chi connectivity index (χ3n) is 5.99. The summed E-state index contributed by atoms with van der Waals surface area (Å²) in [5.41, 5.74) is 0. The van der Waals surface area contributed by atoms with E-state index < -0.39 is 0 Å². The van der Waals surface area contributed by atoms with Crippen LogP contribution in [-0.2, 0) is 52.1 Å². The van der Waals surface area contributed by atoms with Crippen molar-refractivity contribution >= 4 is 22.6 Å². The number of rotatable bonds is 39. The van der Waals surface area contributed by atoms with Gasteiger partial charge in [0, 0.05) is 13.2 Å². The molecule has 0 amide bonds. The fourth-order valence-corrected chi connectivity index (χ4v) is 3.79. The molecule has 1 atom stereocenters. The Hall–Kier alpha value is 0.290. The number of ether oxygens (including phenoxy) is 11. The summed E-state index contributed by atoms with van der Waals surface area (Å²) in [4.78, 5) is 0. The molecule has 0 fully saturated rings. The van der Waals surface area contributed by atoms with Crippen LogP contribution >= 0.6 is 22.6 Å². The summed E-state index contributed by atoms with van der Waals surface area (Å²) in [5.74, 6) is 0.601. The van der Waals surface area contributed by atoms with E-state index >= 15 is 0 Å². The van der Waals surface area contributed by atoms with Gasteiger partial charge in [-0.05, 0) is 23.2 Å². The zero-order valence-electron chi connectivity index (χ0n) is 27.2. The molecule has 0 N–H and O–H groups in total. The Balaban J connectivity index is 3.04. The van der Waals surface area contributed by atoms with E-state index in [-0.39, 0.29) is 0 Å². The van der Waals surface area contributed by atoms with Gasteiger partial charge in [0.2, 0.25) is 0 Å². The molecule has 0 aromatic rings. The molecule has 1 unspecified atom stereocenters. The second-order valence-electron chi connectivity index (χ2n) is 9.82. The number of hydrogen-bond acceptors (Lipinski definition) is 11. The van der Waals surface area contributed by atoms with Gasteiger partial charge in [0.25, 0.3) is 0 Å². The lowest BCUT2D eigenvalue weighted by molar-refractivity contribution is -0.0278. The van der Waals surface area contributed by atoms with Gasteiger partial charge >= 0.3 is 0 Å². The predicted molar refractivity (Wildman–Crippen MR) is 176 cm³/mol. The highest BCUT2D eigenvalue weighted by molar-refractivity contribution is 14.1. The molecule has 0 aliphatic heterocycles. The zero-order valence-corrected chi connectivity index (χ0v) is 29.4. The van der Waals surface area contributed by atoms with E-state index in [9.17, 15) is 0 Å². The van der Waals surface area contributed by atoms with E-state index in [0.29, 0.717) is 138 Å². The van der Waals surface area contributed by atoms with Crippen LogP contribution in [-0.4, -0.2) is 150 Å². The molecule has 12 heteroatoms. The Morgan fingerprint density at radius 2 is 0.605 bits per heavy atom. The Morgan fingerprint density at radius 1 is 0.349 bits per heavy atom. The molecule has 0 aromatic carbocycles. The summed E-state index contributed by atoms with van der Waals surface area (Å²) in [6.45, 7) is 17.1. The Bertz CT molecular complexity index is 495. The van der Waals surface area contributed by atoms with E-state index in [1.807, 2.05) is 0 Å². The van der Waals surface area contributed by atoms with Crippen LogP contribution in [0.15, 0.2) is 0 Å². The molecule has 260 valence electrons. The number of unbranched alkanes of at least 4 members (excludes halogenated alkanes) is 3. The predicted octanol–water partition coefficient (Wildman–Crippen LogP) is 4.21. The van der Waals surface area contributed by atoms with E-state index in [0.717, 1.165) is 26.1 Å². The normalized spacial score (nSPS) is 12.3. The second kappa shape index (κ2) is 40.3. The van der Waals surface area contributed by atoms with Gasteiger partial charge in [-0.25, -0.2) is 0 Å². The van der Waals surface area contributed by atoms with Gasteiger partial charge in [0.1, 0.15) is 0 Å². The maximum atomic E-state index is 5.56. The molecule has 0 radical (unpaired) electrons. The van der Waals surface area contributed by atoms with E-state index in [1.54, 1.807) is 0 Å². The number of hydrogen-bond donors (Lipinski definition) is 0. The van der Waals surface area contributed by atoms with Crippen LogP contribution in [0.4, 0.5) is 0 Å². The molecular weight excluding hydrogens is 675 g/mol. The van der Waals surface area contributed by atoms with E-state index in [1.165, 1.54) is 23.7 Å². The number of alkyl halides is 1. The van der Waals surface area contributed by atoms with Gasteiger partial charge in [-0.15, -0.1) is 0 Å². The highest BCUT2D eigenvalue weighted by Crippen LogP contribution is 2.02. The molecule has 0 aliphatic rings. The average Bonchev–Trinajstić information content (AvgIpc) is 3.02. The first-order valence-electron chi connectivity index (χ1n) is 16.2. The van der Waals surface area contributed by atoms with Crippen molar-refractivity contribution in [2.75, 3.05) is 150 Å². The average molecular weight is 739 g/mol. The third kappa shape index (κ3) is 40.3. The van der Waals surface area contributed by atoms with Gasteiger partial charge < -0.3 is 52.1 Å². The Labute approximate surface area is 275 Å². The molecule has 0 spiro atoms. The molecule has 0 saturated heterocycles. The van der Waals surface area contributed by atoms with Gasteiger partial charge in [0.05, 0.1) is 132 Å². The third-order valence-corrected chi connectivity index (χ3v) is 6.75. The van der Waals surface area contributed by atoms with Crippen molar-refractivity contribution in [1.82, 2.24) is 0 Å². The monoisotopic (exact) mass is 738 g/mol. The molecule has 0 aliphatic carbocycles. The van der Waals surface area contributed by atoms with Crippen LogP contribution in [0.1, 0.15) is 46.0 Å². The fourth-order valence-electron chi connectivity index (χ4n) is 3.25. The standard InChI is InChI=1S/C31H63IO11/c1-3-31(2)30-43-29-28-42-27-26-41-25-24-40-23-22-39-21-20-38-19-18-37-17-16-36-15-14-35-13-12-34-11-10-33-9-7-5-4-6-8-32/h31H,3-30H2,1-2H3. The number of halogens is 1. The molecule has 0 bridgehead atoms. The summed E-state index contributed by atoms with van der Waals surface area (Å²) in [5, 5.41) is 0. The van der Waals surface area contributed by atoms with Crippen LogP contribution in [0.3, 0.4) is 0 Å². The maximum absolute atomic E-state index is 5.56. The summed E-state index contributed by atoms with van der Waals surface area (Å²) in [6.07, 6.45) is 6.13. The topological polar surface area (TPSA) is 102 Å². The minimum Gasteiger partial charge on any atom is -0.379 e. The first-order chi connectivity index (χ1) is 21.3. The minimum atomic E-state index is 0.526. The lowest BCUT2D eigenvalue weighted by Gasteiger charge is -2.10. The van der Waals surface area contributed by atoms with Crippen LogP contribution in [0, 0.1) is 5.92 Å². The maximum Gasteiger partial charge on any atom is 0.0701 e. The van der Waals surface area contributed by atoms with E-state index in [2.05, 4.69) is 36.4 Å². The zero-order chi connectivity index (χ0) is 31.2. The quantitative estimate of drug-likeness (QED) is 0.0516. The van der Waals surface area contributed by atoms with Crippen molar-refractivity contribution in [3.63, 3.8) is 0 Å². The largest absolute Gasteiger partial charge is 0.379 e. The molecule has 0 saturated carbocycles. The summed E-state index contributed by atoms with van der Waals surface area (Å²) < 4.78 is 61.7. The van der Waals surface area contributed by atoms with Crippen LogP contribution in [0.25, 0.3) is 0 Å². The fraction of sp³-hybridized carbons (Fsp3) is 1.00. The van der Waals surface area contributed by atoms with Crippen LogP contribution in [0.5, 0.6) is 0 Å². The van der Waals surface area contributed by atoms with Crippen molar-refractivity contribution in [1.29, 1.82) is 0 Å². The first-order valence-corrected chi connectivity index (χ1v) is 17.7. The van der Waals surface area contributed by atoms with Crippen molar-refractivity contribution in [3.05, 3.63) is 0 Å². The first kappa shape index (κ1) is 43.3. The van der Waals surface area contributed by atoms with E-state index in [4.69, 9.17) is 52.1 Å². The van der Waals surface area contributed by atoms with Crippen molar-refractivity contribution < 1.29 is 52.1 Å². The highest BCUT2D eigenvalue weighted by atomic mass is 127. The summed E-state index contributed by atoms with van der Waals surface area (Å²) >= 11 is 2.42. The molecule has 0 heterocycles. The molecule has 11 nitrogen and oxygen atoms in total. The SMILES string of the molecule is CCC(C)COCCOCCOCCOCCOCCOCCOCCOCCOCCOCCOCCCCCCI. The molecule has 0 rings (SSSR count). The van der Waals surface area contributed by atoms with Gasteiger partial charge in [-0.1, -0.05) is 55.7 Å². The van der Waals surface area contributed by atoms with Gasteiger partial charge in [-0.3, -0.25) is 0 Å². The van der Waals surface area contributed by atoms with Crippen molar-refractivity contribution in [3.8, 4) is 0 Å². The summed E-state index contributed by atoms with van der Waals surface area (Å²) in [7, 11) is 0. The van der Waals surface area contributed by atoms with Crippen molar-refractivity contribution in [2.24, 2.45) is 5.92 Å². The lowest BCUT2D eigenvalue weighted by atomic mass is 10.1. The summed E-state index contributed by atoms with van der Waals surface area (Å²) in [6, 6.07) is 0. The minimum absolute atomic E-state index is 0.526. The Morgan fingerprint density at radius 3 is 0.884 bits per heavy atom. The van der Waals surface area contributed by atoms with Gasteiger partial charge in [0.15, 0.2) is 0 Å². The van der Waals surface area contributed by atoms with Crippen LogP contribution < -0.4 is 0 Å². The highest BCUT2D eigenvalue weighted by Gasteiger charge is 1.99. The van der Waals surface area contributed by atoms with Crippen LogP contribution in [0.2, 0.25) is 0 Å². The lowest BCUT2D eigenvalue weighted by Crippen LogP contribution is -2.15. The molecular formula is C31H63IO11. The molecule has 43 heavy (non-hydrogen) atoms. The second-order valence-corrected chi connectivity index (χ2v) is 10.9. The van der Waals surface area contributed by atoms with Gasteiger partial charge in [-0.2, -0.15) is 0 Å². The molecule has 0 aromatic heterocycles. The Kier molecular flexibility index (Phi) is 40.6. The van der Waals surface area contributed by atoms with Crippen molar-refractivity contribution in [2.45, 2.75) is 46.0 Å².